The van der Waals surface area contributed by atoms with Gasteiger partial charge in [0.2, 0.25) is 11.8 Å². The number of halogens is 1. The number of hydrogen-bond acceptors (Lipinski definition) is 3. The van der Waals surface area contributed by atoms with Crippen LogP contribution in [0.1, 0.15) is 37.9 Å². The number of aliphatic hydroxyl groups is 1. The van der Waals surface area contributed by atoms with Crippen molar-refractivity contribution in [2.45, 2.75) is 38.3 Å². The first kappa shape index (κ1) is 16.8. The van der Waals surface area contributed by atoms with Crippen molar-refractivity contribution in [2.75, 3.05) is 13.1 Å². The van der Waals surface area contributed by atoms with Crippen molar-refractivity contribution in [3.05, 3.63) is 34.9 Å². The standard InChI is InChI=1S/C16H21ClN2O3/c1-2-13(19-9-5-8-15(19)21)16(22)18-10-14(20)11-6-3-4-7-12(11)17/h3-4,6-7,13-14,20H,2,5,8-10H2,1H3,(H,18,22). The van der Waals surface area contributed by atoms with E-state index in [9.17, 15) is 14.7 Å². The third kappa shape index (κ3) is 3.78. The number of carbonyl (C=O) groups is 2. The van der Waals surface area contributed by atoms with E-state index < -0.39 is 12.1 Å². The second-order valence-corrected chi connectivity index (χ2v) is 5.80. The molecule has 0 spiro atoms. The van der Waals surface area contributed by atoms with Gasteiger partial charge in [-0.3, -0.25) is 9.59 Å². The number of likely N-dealkylation sites (tertiary alicyclic amines) is 1. The molecule has 0 aliphatic carbocycles. The average Bonchev–Trinajstić information content (AvgIpc) is 2.92. The number of rotatable bonds is 6. The molecule has 6 heteroatoms. The van der Waals surface area contributed by atoms with Crippen molar-refractivity contribution in [2.24, 2.45) is 0 Å². The summed E-state index contributed by atoms with van der Waals surface area (Å²) in [5.74, 6) is -0.211. The topological polar surface area (TPSA) is 69.6 Å². The first-order valence-electron chi connectivity index (χ1n) is 7.54. The lowest BCUT2D eigenvalue weighted by molar-refractivity contribution is -0.137. The lowest BCUT2D eigenvalue weighted by Gasteiger charge is -2.26. The fraction of sp³-hybridized carbons (Fsp3) is 0.500. The van der Waals surface area contributed by atoms with Crippen LogP contribution >= 0.6 is 11.6 Å². The molecule has 1 saturated heterocycles. The smallest absolute Gasteiger partial charge is 0.242 e. The van der Waals surface area contributed by atoms with Crippen LogP contribution in [0.25, 0.3) is 0 Å². The third-order valence-corrected chi connectivity index (χ3v) is 4.25. The molecule has 22 heavy (non-hydrogen) atoms. The summed E-state index contributed by atoms with van der Waals surface area (Å²) in [6, 6.07) is 6.52. The SMILES string of the molecule is CCC(C(=O)NCC(O)c1ccccc1Cl)N1CCCC1=O. The van der Waals surface area contributed by atoms with E-state index in [4.69, 9.17) is 11.6 Å². The van der Waals surface area contributed by atoms with Gasteiger partial charge in [-0.1, -0.05) is 36.7 Å². The first-order chi connectivity index (χ1) is 10.5. The maximum Gasteiger partial charge on any atom is 0.242 e. The van der Waals surface area contributed by atoms with Crippen molar-refractivity contribution < 1.29 is 14.7 Å². The summed E-state index contributed by atoms with van der Waals surface area (Å²) in [5, 5.41) is 13.3. The van der Waals surface area contributed by atoms with E-state index in [2.05, 4.69) is 5.32 Å². The van der Waals surface area contributed by atoms with Crippen molar-refractivity contribution >= 4 is 23.4 Å². The van der Waals surface area contributed by atoms with E-state index in [1.165, 1.54) is 0 Å². The average molecular weight is 325 g/mol. The maximum atomic E-state index is 12.3. The Labute approximate surface area is 135 Å². The monoisotopic (exact) mass is 324 g/mol. The van der Waals surface area contributed by atoms with E-state index in [1.54, 1.807) is 29.2 Å². The van der Waals surface area contributed by atoms with E-state index in [0.717, 1.165) is 6.42 Å². The quantitative estimate of drug-likeness (QED) is 0.839. The summed E-state index contributed by atoms with van der Waals surface area (Å²) < 4.78 is 0. The Morgan fingerprint density at radius 1 is 1.45 bits per heavy atom. The van der Waals surface area contributed by atoms with Gasteiger partial charge in [0.05, 0.1) is 6.10 Å². The van der Waals surface area contributed by atoms with Crippen LogP contribution in [0, 0.1) is 0 Å². The van der Waals surface area contributed by atoms with Crippen LogP contribution in [0.15, 0.2) is 24.3 Å². The number of aliphatic hydroxyl groups excluding tert-OH is 1. The molecule has 0 bridgehead atoms. The lowest BCUT2D eigenvalue weighted by atomic mass is 10.1. The van der Waals surface area contributed by atoms with Crippen LogP contribution in [0.5, 0.6) is 0 Å². The van der Waals surface area contributed by atoms with Crippen LogP contribution in [0.2, 0.25) is 5.02 Å². The number of carbonyl (C=O) groups excluding carboxylic acids is 2. The fourth-order valence-electron chi connectivity index (χ4n) is 2.72. The molecule has 1 aliphatic rings. The molecule has 0 radical (unpaired) electrons. The Morgan fingerprint density at radius 2 is 2.18 bits per heavy atom. The Bertz CT molecular complexity index is 550. The van der Waals surface area contributed by atoms with Crippen LogP contribution in [0.3, 0.4) is 0 Å². The second-order valence-electron chi connectivity index (χ2n) is 5.40. The van der Waals surface area contributed by atoms with Gasteiger partial charge in [-0.25, -0.2) is 0 Å². The summed E-state index contributed by atoms with van der Waals surface area (Å²) in [6.07, 6.45) is 0.987. The van der Waals surface area contributed by atoms with Crippen LogP contribution in [0.4, 0.5) is 0 Å². The van der Waals surface area contributed by atoms with Gasteiger partial charge < -0.3 is 15.3 Å². The fourth-order valence-corrected chi connectivity index (χ4v) is 2.98. The molecule has 1 aromatic rings. The predicted molar refractivity (Wildman–Crippen MR) is 84.4 cm³/mol. The van der Waals surface area contributed by atoms with Gasteiger partial charge in [0, 0.05) is 30.1 Å². The van der Waals surface area contributed by atoms with Gasteiger partial charge in [0.15, 0.2) is 0 Å². The van der Waals surface area contributed by atoms with Crippen LogP contribution in [-0.4, -0.2) is 41.0 Å². The largest absolute Gasteiger partial charge is 0.387 e. The molecule has 120 valence electrons. The minimum Gasteiger partial charge on any atom is -0.387 e. The molecule has 1 aromatic carbocycles. The van der Waals surface area contributed by atoms with Crippen LogP contribution in [-0.2, 0) is 9.59 Å². The zero-order valence-electron chi connectivity index (χ0n) is 12.6. The van der Waals surface area contributed by atoms with Crippen molar-refractivity contribution in [3.8, 4) is 0 Å². The summed E-state index contributed by atoms with van der Waals surface area (Å²) in [6.45, 7) is 2.57. The summed E-state index contributed by atoms with van der Waals surface area (Å²) >= 11 is 6.02. The molecule has 0 aromatic heterocycles. The second kappa shape index (κ2) is 7.61. The maximum absolute atomic E-state index is 12.3. The molecule has 1 aliphatic heterocycles. The molecular formula is C16H21ClN2O3. The third-order valence-electron chi connectivity index (χ3n) is 3.91. The molecule has 1 heterocycles. The zero-order chi connectivity index (χ0) is 16.1. The summed E-state index contributed by atoms with van der Waals surface area (Å²) in [5.41, 5.74) is 0.578. The number of amides is 2. The van der Waals surface area contributed by atoms with E-state index >= 15 is 0 Å². The Balaban J connectivity index is 1.94. The number of benzene rings is 1. The Hall–Kier alpha value is -1.59. The highest BCUT2D eigenvalue weighted by atomic mass is 35.5. The molecule has 5 nitrogen and oxygen atoms in total. The minimum atomic E-state index is -0.871. The highest BCUT2D eigenvalue weighted by Gasteiger charge is 2.31. The highest BCUT2D eigenvalue weighted by molar-refractivity contribution is 6.31. The molecule has 2 amide bonds. The molecule has 2 rings (SSSR count). The molecule has 0 saturated carbocycles. The zero-order valence-corrected chi connectivity index (χ0v) is 13.3. The van der Waals surface area contributed by atoms with Crippen molar-refractivity contribution in [1.82, 2.24) is 10.2 Å². The van der Waals surface area contributed by atoms with Gasteiger partial charge in [0.1, 0.15) is 6.04 Å². The molecular weight excluding hydrogens is 304 g/mol. The first-order valence-corrected chi connectivity index (χ1v) is 7.92. The molecule has 2 unspecified atom stereocenters. The minimum absolute atomic E-state index is 0.0219. The molecule has 2 atom stereocenters. The number of nitrogens with one attached hydrogen (secondary N) is 1. The van der Waals surface area contributed by atoms with Crippen molar-refractivity contribution in [3.63, 3.8) is 0 Å². The van der Waals surface area contributed by atoms with Crippen molar-refractivity contribution in [1.29, 1.82) is 0 Å². The number of hydrogen-bond donors (Lipinski definition) is 2. The normalized spacial score (nSPS) is 17.4. The summed E-state index contributed by atoms with van der Waals surface area (Å²) in [7, 11) is 0. The predicted octanol–water partition coefficient (Wildman–Crippen LogP) is 1.89. The Kier molecular flexibility index (Phi) is 5.80. The Morgan fingerprint density at radius 3 is 2.77 bits per heavy atom. The number of nitrogens with zero attached hydrogens (tertiary/aromatic N) is 1. The van der Waals surface area contributed by atoms with E-state index in [1.807, 2.05) is 6.92 Å². The lowest BCUT2D eigenvalue weighted by Crippen LogP contribution is -2.48. The van der Waals surface area contributed by atoms with Gasteiger partial charge in [-0.15, -0.1) is 0 Å². The van der Waals surface area contributed by atoms with Gasteiger partial charge in [0.25, 0.3) is 0 Å². The summed E-state index contributed by atoms with van der Waals surface area (Å²) in [4.78, 5) is 25.7. The van der Waals surface area contributed by atoms with Gasteiger partial charge in [-0.05, 0) is 18.9 Å². The molecule has 2 N–H and O–H groups in total. The highest BCUT2D eigenvalue weighted by Crippen LogP contribution is 2.22. The van der Waals surface area contributed by atoms with E-state index in [-0.39, 0.29) is 18.4 Å². The van der Waals surface area contributed by atoms with Gasteiger partial charge >= 0.3 is 0 Å². The van der Waals surface area contributed by atoms with E-state index in [0.29, 0.717) is 30.0 Å². The molecule has 1 fully saturated rings. The van der Waals surface area contributed by atoms with Crippen LogP contribution < -0.4 is 5.32 Å². The van der Waals surface area contributed by atoms with Gasteiger partial charge in [-0.2, -0.15) is 0 Å².